The largest absolute Gasteiger partial charge is 0.342 e. The number of hydrogen-bond donors (Lipinski definition) is 1. The van der Waals surface area contributed by atoms with Gasteiger partial charge in [-0.15, -0.1) is 0 Å². The highest BCUT2D eigenvalue weighted by Gasteiger charge is 2.42. The molecule has 0 aromatic heterocycles. The van der Waals surface area contributed by atoms with Gasteiger partial charge in [0.2, 0.25) is 5.91 Å². The smallest absolute Gasteiger partial charge is 0.223 e. The standard InChI is InChI=1S/C22H32N2O2/c1-2-3-4-5-16-6-8-17(9-7-16)21(25)12-13-22(26)24-14-18-10-11-20(23)19(18)15-24/h6-9,18-20H,2-5,10-15,23H2,1H3. The highest BCUT2D eigenvalue weighted by Crippen LogP contribution is 2.37. The van der Waals surface area contributed by atoms with Crippen LogP contribution in [0.15, 0.2) is 24.3 Å². The van der Waals surface area contributed by atoms with Gasteiger partial charge in [0.25, 0.3) is 0 Å². The second kappa shape index (κ2) is 8.81. The Balaban J connectivity index is 1.44. The second-order valence-electron chi connectivity index (χ2n) is 8.04. The molecule has 1 saturated heterocycles. The third-order valence-electron chi connectivity index (χ3n) is 6.18. The first-order valence-corrected chi connectivity index (χ1v) is 10.2. The zero-order valence-corrected chi connectivity index (χ0v) is 16.0. The van der Waals surface area contributed by atoms with Gasteiger partial charge in [0.15, 0.2) is 5.78 Å². The summed E-state index contributed by atoms with van der Waals surface area (Å²) >= 11 is 0. The van der Waals surface area contributed by atoms with Crippen LogP contribution in [0, 0.1) is 11.8 Å². The summed E-state index contributed by atoms with van der Waals surface area (Å²) in [4.78, 5) is 26.8. The molecular weight excluding hydrogens is 324 g/mol. The topological polar surface area (TPSA) is 63.4 Å². The minimum atomic E-state index is 0.0644. The van der Waals surface area contributed by atoms with Crippen LogP contribution < -0.4 is 5.73 Å². The molecule has 142 valence electrons. The normalized spacial score (nSPS) is 24.7. The van der Waals surface area contributed by atoms with Gasteiger partial charge in [0.05, 0.1) is 0 Å². The number of carbonyl (C=O) groups is 2. The molecule has 4 heteroatoms. The molecule has 26 heavy (non-hydrogen) atoms. The summed E-state index contributed by atoms with van der Waals surface area (Å²) in [7, 11) is 0. The van der Waals surface area contributed by atoms with Gasteiger partial charge in [-0.3, -0.25) is 9.59 Å². The molecule has 3 unspecified atom stereocenters. The third kappa shape index (κ3) is 4.53. The number of Topliss-reactive ketones (excluding diaryl/α,β-unsaturated/α-hetero) is 1. The number of fused-ring (bicyclic) bond motifs is 1. The summed E-state index contributed by atoms with van der Waals surface area (Å²) in [5, 5.41) is 0. The number of likely N-dealkylation sites (tertiary alicyclic amines) is 1. The molecule has 2 aliphatic rings. The van der Waals surface area contributed by atoms with E-state index in [0.29, 0.717) is 24.7 Å². The van der Waals surface area contributed by atoms with E-state index >= 15 is 0 Å². The molecular formula is C22H32N2O2. The first kappa shape index (κ1) is 19.1. The zero-order chi connectivity index (χ0) is 18.5. The van der Waals surface area contributed by atoms with Crippen LogP contribution in [0.2, 0.25) is 0 Å². The van der Waals surface area contributed by atoms with Crippen molar-refractivity contribution >= 4 is 11.7 Å². The fourth-order valence-corrected chi connectivity index (χ4v) is 4.47. The number of ketones is 1. The van der Waals surface area contributed by atoms with Crippen LogP contribution in [0.1, 0.15) is 67.8 Å². The van der Waals surface area contributed by atoms with Crippen LogP contribution in [-0.4, -0.2) is 35.7 Å². The van der Waals surface area contributed by atoms with Crippen LogP contribution in [-0.2, 0) is 11.2 Å². The van der Waals surface area contributed by atoms with Crippen molar-refractivity contribution in [2.24, 2.45) is 17.6 Å². The Hall–Kier alpha value is -1.68. The fourth-order valence-electron chi connectivity index (χ4n) is 4.47. The van der Waals surface area contributed by atoms with Gasteiger partial charge in [-0.2, -0.15) is 0 Å². The van der Waals surface area contributed by atoms with E-state index in [1.165, 1.54) is 24.8 Å². The average Bonchev–Trinajstić information content (AvgIpc) is 3.22. The lowest BCUT2D eigenvalue weighted by molar-refractivity contribution is -0.130. The Labute approximate surface area is 157 Å². The Morgan fingerprint density at radius 1 is 1.08 bits per heavy atom. The number of nitrogens with two attached hydrogens (primary N) is 1. The summed E-state index contributed by atoms with van der Waals surface area (Å²) in [6.45, 7) is 3.81. The second-order valence-corrected chi connectivity index (χ2v) is 8.04. The number of carbonyl (C=O) groups excluding carboxylic acids is 2. The monoisotopic (exact) mass is 356 g/mol. The van der Waals surface area contributed by atoms with E-state index in [1.807, 2.05) is 29.2 Å². The van der Waals surface area contributed by atoms with Gasteiger partial charge in [-0.05, 0) is 43.1 Å². The van der Waals surface area contributed by atoms with Crippen LogP contribution in [0.4, 0.5) is 0 Å². The van der Waals surface area contributed by atoms with E-state index in [-0.39, 0.29) is 17.7 Å². The van der Waals surface area contributed by atoms with Crippen LogP contribution in [0.5, 0.6) is 0 Å². The molecule has 1 aromatic carbocycles. The number of aryl methyl sites for hydroxylation is 1. The van der Waals surface area contributed by atoms with E-state index in [0.717, 1.165) is 37.9 Å². The highest BCUT2D eigenvalue weighted by atomic mass is 16.2. The fraction of sp³-hybridized carbons (Fsp3) is 0.636. The number of hydrogen-bond acceptors (Lipinski definition) is 3. The third-order valence-corrected chi connectivity index (χ3v) is 6.18. The Bertz CT molecular complexity index is 626. The van der Waals surface area contributed by atoms with Gasteiger partial charge in [-0.1, -0.05) is 44.0 Å². The average molecular weight is 357 g/mol. The molecule has 1 amide bonds. The summed E-state index contributed by atoms with van der Waals surface area (Å²) < 4.78 is 0. The number of rotatable bonds is 8. The molecule has 1 aromatic rings. The van der Waals surface area contributed by atoms with Gasteiger partial charge in [-0.25, -0.2) is 0 Å². The summed E-state index contributed by atoms with van der Waals surface area (Å²) in [5.41, 5.74) is 8.14. The first-order chi connectivity index (χ1) is 12.6. The molecule has 1 saturated carbocycles. The number of amides is 1. The predicted molar refractivity (Wildman–Crippen MR) is 104 cm³/mol. The molecule has 4 nitrogen and oxygen atoms in total. The Morgan fingerprint density at radius 3 is 2.54 bits per heavy atom. The maximum Gasteiger partial charge on any atom is 0.223 e. The van der Waals surface area contributed by atoms with Gasteiger partial charge in [0, 0.05) is 37.5 Å². The van der Waals surface area contributed by atoms with E-state index in [4.69, 9.17) is 5.73 Å². The summed E-state index contributed by atoms with van der Waals surface area (Å²) in [6, 6.07) is 8.16. The molecule has 0 bridgehead atoms. The van der Waals surface area contributed by atoms with E-state index in [9.17, 15) is 9.59 Å². The van der Waals surface area contributed by atoms with E-state index in [2.05, 4.69) is 6.92 Å². The minimum absolute atomic E-state index is 0.0644. The number of nitrogens with zero attached hydrogens (tertiary/aromatic N) is 1. The lowest BCUT2D eigenvalue weighted by Crippen LogP contribution is -2.33. The molecule has 1 aliphatic heterocycles. The van der Waals surface area contributed by atoms with Crippen molar-refractivity contribution < 1.29 is 9.59 Å². The van der Waals surface area contributed by atoms with Gasteiger partial charge in [0.1, 0.15) is 0 Å². The Kier molecular flexibility index (Phi) is 6.47. The van der Waals surface area contributed by atoms with Crippen molar-refractivity contribution in [3.05, 3.63) is 35.4 Å². The maximum absolute atomic E-state index is 12.5. The SMILES string of the molecule is CCCCCc1ccc(C(=O)CCC(=O)N2CC3CCC(N)C3C2)cc1. The van der Waals surface area contributed by atoms with Crippen LogP contribution >= 0.6 is 0 Å². The van der Waals surface area contributed by atoms with E-state index < -0.39 is 0 Å². The van der Waals surface area contributed by atoms with Crippen molar-refractivity contribution in [1.29, 1.82) is 0 Å². The molecule has 2 fully saturated rings. The van der Waals surface area contributed by atoms with Crippen LogP contribution in [0.3, 0.4) is 0 Å². The molecule has 3 rings (SSSR count). The van der Waals surface area contributed by atoms with E-state index in [1.54, 1.807) is 0 Å². The number of unbranched alkanes of at least 4 members (excludes halogenated alkanes) is 2. The summed E-state index contributed by atoms with van der Waals surface area (Å²) in [6.07, 6.45) is 7.56. The Morgan fingerprint density at radius 2 is 1.85 bits per heavy atom. The zero-order valence-electron chi connectivity index (χ0n) is 16.0. The molecule has 1 aliphatic carbocycles. The quantitative estimate of drug-likeness (QED) is 0.572. The molecule has 3 atom stereocenters. The number of benzene rings is 1. The lowest BCUT2D eigenvalue weighted by atomic mass is 9.98. The molecule has 0 spiro atoms. The van der Waals surface area contributed by atoms with Gasteiger partial charge < -0.3 is 10.6 Å². The molecule has 1 heterocycles. The van der Waals surface area contributed by atoms with Crippen molar-refractivity contribution in [3.63, 3.8) is 0 Å². The highest BCUT2D eigenvalue weighted by molar-refractivity contribution is 5.98. The summed E-state index contributed by atoms with van der Waals surface area (Å²) in [5.74, 6) is 1.21. The first-order valence-electron chi connectivity index (χ1n) is 10.2. The lowest BCUT2D eigenvalue weighted by Gasteiger charge is -2.18. The van der Waals surface area contributed by atoms with Crippen molar-refractivity contribution in [3.8, 4) is 0 Å². The molecule has 0 radical (unpaired) electrons. The predicted octanol–water partition coefficient (Wildman–Crippen LogP) is 3.58. The van der Waals surface area contributed by atoms with Crippen molar-refractivity contribution in [2.75, 3.05) is 13.1 Å². The van der Waals surface area contributed by atoms with Crippen molar-refractivity contribution in [1.82, 2.24) is 4.90 Å². The maximum atomic E-state index is 12.5. The van der Waals surface area contributed by atoms with Crippen molar-refractivity contribution in [2.45, 2.75) is 64.3 Å². The van der Waals surface area contributed by atoms with Crippen LogP contribution in [0.25, 0.3) is 0 Å². The minimum Gasteiger partial charge on any atom is -0.342 e. The van der Waals surface area contributed by atoms with Gasteiger partial charge >= 0.3 is 0 Å². The molecule has 2 N–H and O–H groups in total.